The summed E-state index contributed by atoms with van der Waals surface area (Å²) in [5.41, 5.74) is 1.08. The van der Waals surface area contributed by atoms with Crippen molar-refractivity contribution >= 4 is 5.91 Å². The van der Waals surface area contributed by atoms with Gasteiger partial charge in [-0.25, -0.2) is 0 Å². The number of carbonyl (C=O) groups excluding carboxylic acids is 1. The van der Waals surface area contributed by atoms with Gasteiger partial charge >= 0.3 is 0 Å². The summed E-state index contributed by atoms with van der Waals surface area (Å²) in [6.07, 6.45) is -0.436. The van der Waals surface area contributed by atoms with Crippen LogP contribution in [0.2, 0.25) is 0 Å². The number of carbonyl (C=O) groups is 1. The van der Waals surface area contributed by atoms with Crippen molar-refractivity contribution < 1.29 is 9.53 Å². The Morgan fingerprint density at radius 2 is 1.81 bits per heavy atom. The summed E-state index contributed by atoms with van der Waals surface area (Å²) in [5.74, 6) is -0.0510. The SMILES string of the molecule is CCN(CC)[C@@H](C)CNC(=O)[C@@H](C)OCc1ccccc1. The van der Waals surface area contributed by atoms with Gasteiger partial charge in [-0.1, -0.05) is 44.2 Å². The van der Waals surface area contributed by atoms with Crippen LogP contribution in [0, 0.1) is 0 Å². The van der Waals surface area contributed by atoms with Crippen LogP contribution in [0.25, 0.3) is 0 Å². The highest BCUT2D eigenvalue weighted by atomic mass is 16.5. The lowest BCUT2D eigenvalue weighted by Crippen LogP contribution is -2.44. The average Bonchev–Trinajstić information content (AvgIpc) is 2.52. The second-order valence-corrected chi connectivity index (χ2v) is 5.25. The van der Waals surface area contributed by atoms with Gasteiger partial charge in [0, 0.05) is 12.6 Å². The molecule has 0 bridgehead atoms. The Hall–Kier alpha value is -1.39. The number of likely N-dealkylation sites (N-methyl/N-ethyl adjacent to an activating group) is 1. The van der Waals surface area contributed by atoms with E-state index in [1.807, 2.05) is 30.3 Å². The van der Waals surface area contributed by atoms with Crippen LogP contribution in [0.4, 0.5) is 0 Å². The molecule has 2 atom stereocenters. The predicted molar refractivity (Wildman–Crippen MR) is 86.1 cm³/mol. The standard InChI is InChI=1S/C17H28N2O2/c1-5-19(6-2)14(3)12-18-17(20)15(4)21-13-16-10-8-7-9-11-16/h7-11,14-15H,5-6,12-13H2,1-4H3,(H,18,20)/t14-,15+/m0/s1. The lowest BCUT2D eigenvalue weighted by Gasteiger charge is -2.26. The Morgan fingerprint density at radius 3 is 2.38 bits per heavy atom. The number of rotatable bonds is 9. The fraction of sp³-hybridized carbons (Fsp3) is 0.588. The third-order valence-electron chi connectivity index (χ3n) is 3.72. The first kappa shape index (κ1) is 17.7. The number of hydrogen-bond donors (Lipinski definition) is 1. The fourth-order valence-corrected chi connectivity index (χ4v) is 2.24. The molecule has 0 unspecified atom stereocenters. The van der Waals surface area contributed by atoms with E-state index >= 15 is 0 Å². The van der Waals surface area contributed by atoms with Gasteiger partial charge in [0.05, 0.1) is 6.61 Å². The van der Waals surface area contributed by atoms with Gasteiger partial charge < -0.3 is 10.1 Å². The lowest BCUT2D eigenvalue weighted by molar-refractivity contribution is -0.132. The summed E-state index contributed by atoms with van der Waals surface area (Å²) in [6, 6.07) is 10.2. The molecule has 0 saturated heterocycles. The maximum atomic E-state index is 12.0. The third-order valence-corrected chi connectivity index (χ3v) is 3.72. The molecular weight excluding hydrogens is 264 g/mol. The number of nitrogens with one attached hydrogen (secondary N) is 1. The summed E-state index contributed by atoms with van der Waals surface area (Å²) in [4.78, 5) is 14.3. The van der Waals surface area contributed by atoms with Crippen LogP contribution in [0.15, 0.2) is 30.3 Å². The molecule has 1 rings (SSSR count). The zero-order chi connectivity index (χ0) is 15.7. The van der Waals surface area contributed by atoms with Gasteiger partial charge in [0.2, 0.25) is 5.91 Å². The molecule has 21 heavy (non-hydrogen) atoms. The van der Waals surface area contributed by atoms with Crippen LogP contribution < -0.4 is 5.32 Å². The van der Waals surface area contributed by atoms with Crippen molar-refractivity contribution in [2.45, 2.75) is 46.4 Å². The molecule has 0 aliphatic heterocycles. The molecule has 1 amide bonds. The molecule has 1 N–H and O–H groups in total. The van der Waals surface area contributed by atoms with Crippen LogP contribution in [0.5, 0.6) is 0 Å². The molecule has 1 aromatic carbocycles. The first-order valence-corrected chi connectivity index (χ1v) is 7.75. The Kier molecular flexibility index (Phi) is 8.01. The Morgan fingerprint density at radius 1 is 1.19 bits per heavy atom. The molecule has 0 aliphatic rings. The highest BCUT2D eigenvalue weighted by Gasteiger charge is 2.16. The van der Waals surface area contributed by atoms with Crippen molar-refractivity contribution in [1.82, 2.24) is 10.2 Å². The van der Waals surface area contributed by atoms with E-state index in [0.29, 0.717) is 19.2 Å². The number of nitrogens with zero attached hydrogens (tertiary/aromatic N) is 1. The van der Waals surface area contributed by atoms with E-state index in [2.05, 4.69) is 31.0 Å². The smallest absolute Gasteiger partial charge is 0.248 e. The van der Waals surface area contributed by atoms with Crippen LogP contribution in [0.1, 0.15) is 33.3 Å². The molecule has 1 aromatic rings. The Labute approximate surface area is 128 Å². The van der Waals surface area contributed by atoms with Crippen LogP contribution >= 0.6 is 0 Å². The van der Waals surface area contributed by atoms with Crippen LogP contribution in [0.3, 0.4) is 0 Å². The predicted octanol–water partition coefficient (Wildman–Crippen LogP) is 2.44. The monoisotopic (exact) mass is 292 g/mol. The van der Waals surface area contributed by atoms with Gasteiger partial charge in [0.15, 0.2) is 0 Å². The van der Waals surface area contributed by atoms with Crippen molar-refractivity contribution in [1.29, 1.82) is 0 Å². The largest absolute Gasteiger partial charge is 0.364 e. The highest BCUT2D eigenvalue weighted by molar-refractivity contribution is 5.80. The summed E-state index contributed by atoms with van der Waals surface area (Å²) >= 11 is 0. The van der Waals surface area contributed by atoms with Crippen molar-refractivity contribution in [3.8, 4) is 0 Å². The van der Waals surface area contributed by atoms with E-state index in [1.54, 1.807) is 6.92 Å². The molecule has 4 heteroatoms. The minimum Gasteiger partial charge on any atom is -0.364 e. The molecular formula is C17H28N2O2. The normalized spacial score (nSPS) is 14.0. The Bertz CT molecular complexity index is 405. The second kappa shape index (κ2) is 9.53. The van der Waals surface area contributed by atoms with E-state index in [0.717, 1.165) is 18.7 Å². The topological polar surface area (TPSA) is 41.6 Å². The highest BCUT2D eigenvalue weighted by Crippen LogP contribution is 2.03. The van der Waals surface area contributed by atoms with Crippen molar-refractivity contribution in [2.75, 3.05) is 19.6 Å². The second-order valence-electron chi connectivity index (χ2n) is 5.25. The molecule has 0 aliphatic carbocycles. The maximum Gasteiger partial charge on any atom is 0.248 e. The van der Waals surface area contributed by atoms with Gasteiger partial charge in [-0.2, -0.15) is 0 Å². The van der Waals surface area contributed by atoms with Crippen molar-refractivity contribution in [3.05, 3.63) is 35.9 Å². The van der Waals surface area contributed by atoms with E-state index in [-0.39, 0.29) is 5.91 Å². The van der Waals surface area contributed by atoms with Crippen molar-refractivity contribution in [2.24, 2.45) is 0 Å². The molecule has 0 fully saturated rings. The molecule has 0 spiro atoms. The molecule has 118 valence electrons. The third kappa shape index (κ3) is 6.27. The fourth-order valence-electron chi connectivity index (χ4n) is 2.24. The summed E-state index contributed by atoms with van der Waals surface area (Å²) < 4.78 is 5.61. The lowest BCUT2D eigenvalue weighted by atomic mass is 10.2. The first-order chi connectivity index (χ1) is 10.1. The number of ether oxygens (including phenoxy) is 1. The number of amides is 1. The first-order valence-electron chi connectivity index (χ1n) is 7.75. The molecule has 0 aromatic heterocycles. The summed E-state index contributed by atoms with van der Waals surface area (Å²) in [7, 11) is 0. The van der Waals surface area contributed by atoms with E-state index in [9.17, 15) is 4.79 Å². The molecule has 0 radical (unpaired) electrons. The van der Waals surface area contributed by atoms with Gasteiger partial charge in [-0.05, 0) is 32.5 Å². The summed E-state index contributed by atoms with van der Waals surface area (Å²) in [5, 5.41) is 2.96. The molecule has 4 nitrogen and oxygen atoms in total. The van der Waals surface area contributed by atoms with Gasteiger partial charge in [0.25, 0.3) is 0 Å². The minimum absolute atomic E-state index is 0.0510. The average molecular weight is 292 g/mol. The molecule has 0 saturated carbocycles. The Balaban J connectivity index is 2.31. The zero-order valence-electron chi connectivity index (χ0n) is 13.6. The minimum atomic E-state index is -0.436. The number of hydrogen-bond acceptors (Lipinski definition) is 3. The zero-order valence-corrected chi connectivity index (χ0v) is 13.6. The van der Waals surface area contributed by atoms with E-state index < -0.39 is 6.10 Å². The van der Waals surface area contributed by atoms with Gasteiger partial charge in [0.1, 0.15) is 6.10 Å². The van der Waals surface area contributed by atoms with Gasteiger partial charge in [-0.3, -0.25) is 9.69 Å². The van der Waals surface area contributed by atoms with Gasteiger partial charge in [-0.15, -0.1) is 0 Å². The maximum absolute atomic E-state index is 12.0. The summed E-state index contributed by atoms with van der Waals surface area (Å²) in [6.45, 7) is 11.3. The van der Waals surface area contributed by atoms with Crippen LogP contribution in [-0.2, 0) is 16.1 Å². The van der Waals surface area contributed by atoms with E-state index in [4.69, 9.17) is 4.74 Å². The number of benzene rings is 1. The van der Waals surface area contributed by atoms with Crippen molar-refractivity contribution in [3.63, 3.8) is 0 Å². The van der Waals surface area contributed by atoms with Crippen LogP contribution in [-0.4, -0.2) is 42.6 Å². The molecule has 0 heterocycles. The van der Waals surface area contributed by atoms with E-state index in [1.165, 1.54) is 0 Å². The quantitative estimate of drug-likeness (QED) is 0.760.